The van der Waals surface area contributed by atoms with Gasteiger partial charge in [0.05, 0.1) is 18.2 Å². The predicted molar refractivity (Wildman–Crippen MR) is 79.7 cm³/mol. The average molecular weight is 280 g/mol. The van der Waals surface area contributed by atoms with Gasteiger partial charge in [0, 0.05) is 6.54 Å². The number of nitrogens with zero attached hydrogens (tertiary/aromatic N) is 2. The van der Waals surface area contributed by atoms with Gasteiger partial charge in [-0.3, -0.25) is 0 Å². The quantitative estimate of drug-likeness (QED) is 0.860. The van der Waals surface area contributed by atoms with Crippen molar-refractivity contribution in [3.05, 3.63) is 65.7 Å². The SMILES string of the molecule is CCN(Cc1ccccc1C#N)C(=O)Oc1ccccc1. The molecule has 0 aromatic heterocycles. The van der Waals surface area contributed by atoms with E-state index in [1.54, 1.807) is 29.2 Å². The van der Waals surface area contributed by atoms with E-state index in [4.69, 9.17) is 10.00 Å². The van der Waals surface area contributed by atoms with Crippen molar-refractivity contribution in [2.75, 3.05) is 6.54 Å². The normalized spacial score (nSPS) is 9.71. The topological polar surface area (TPSA) is 53.3 Å². The Hall–Kier alpha value is -2.80. The first-order valence-electron chi connectivity index (χ1n) is 6.74. The Morgan fingerprint density at radius 1 is 1.14 bits per heavy atom. The number of nitriles is 1. The Bertz CT molecular complexity index is 647. The van der Waals surface area contributed by atoms with E-state index in [9.17, 15) is 4.79 Å². The summed E-state index contributed by atoms with van der Waals surface area (Å²) < 4.78 is 5.32. The fraction of sp³-hybridized carbons (Fsp3) is 0.176. The summed E-state index contributed by atoms with van der Waals surface area (Å²) in [5.74, 6) is 0.509. The maximum atomic E-state index is 12.2. The van der Waals surface area contributed by atoms with Gasteiger partial charge in [-0.1, -0.05) is 36.4 Å². The van der Waals surface area contributed by atoms with Crippen LogP contribution >= 0.6 is 0 Å². The van der Waals surface area contributed by atoms with Gasteiger partial charge in [-0.2, -0.15) is 5.26 Å². The second-order valence-electron chi connectivity index (χ2n) is 4.46. The molecule has 0 atom stereocenters. The summed E-state index contributed by atoms with van der Waals surface area (Å²) in [6, 6.07) is 18.3. The highest BCUT2D eigenvalue weighted by molar-refractivity contribution is 5.70. The number of benzene rings is 2. The standard InChI is InChI=1S/C17H16N2O2/c1-2-19(13-15-9-7-6-8-14(15)12-18)17(20)21-16-10-4-3-5-11-16/h3-11H,2,13H2,1H3. The lowest BCUT2D eigenvalue weighted by Gasteiger charge is -2.20. The molecule has 106 valence electrons. The third-order valence-corrected chi connectivity index (χ3v) is 3.09. The van der Waals surface area contributed by atoms with Crippen LogP contribution in [0.15, 0.2) is 54.6 Å². The molecule has 0 fully saturated rings. The van der Waals surface area contributed by atoms with Crippen molar-refractivity contribution in [3.63, 3.8) is 0 Å². The molecule has 0 bridgehead atoms. The van der Waals surface area contributed by atoms with Crippen LogP contribution in [0.5, 0.6) is 5.75 Å². The summed E-state index contributed by atoms with van der Waals surface area (Å²) in [7, 11) is 0. The number of ether oxygens (including phenoxy) is 1. The molecule has 0 aliphatic carbocycles. The largest absolute Gasteiger partial charge is 0.415 e. The van der Waals surface area contributed by atoms with Crippen LogP contribution < -0.4 is 4.74 Å². The highest BCUT2D eigenvalue weighted by atomic mass is 16.6. The second-order valence-corrected chi connectivity index (χ2v) is 4.46. The van der Waals surface area contributed by atoms with Gasteiger partial charge in [0.2, 0.25) is 0 Å². The summed E-state index contributed by atoms with van der Waals surface area (Å²) >= 11 is 0. The molecule has 0 heterocycles. The monoisotopic (exact) mass is 280 g/mol. The van der Waals surface area contributed by atoms with E-state index in [1.807, 2.05) is 37.3 Å². The fourth-order valence-corrected chi connectivity index (χ4v) is 1.93. The molecule has 0 saturated carbocycles. The van der Waals surface area contributed by atoms with Crippen molar-refractivity contribution in [3.8, 4) is 11.8 Å². The Balaban J connectivity index is 2.09. The second kappa shape index (κ2) is 7.11. The molecule has 4 nitrogen and oxygen atoms in total. The van der Waals surface area contributed by atoms with Crippen LogP contribution in [-0.4, -0.2) is 17.5 Å². The molecule has 0 radical (unpaired) electrons. The lowest BCUT2D eigenvalue weighted by Crippen LogP contribution is -2.33. The molecule has 0 N–H and O–H groups in total. The smallest absolute Gasteiger partial charge is 0.410 e. The highest BCUT2D eigenvalue weighted by Gasteiger charge is 2.15. The zero-order valence-corrected chi connectivity index (χ0v) is 11.8. The number of carbonyl (C=O) groups excluding carboxylic acids is 1. The number of para-hydroxylation sites is 1. The summed E-state index contributed by atoms with van der Waals surface area (Å²) in [5, 5.41) is 9.09. The number of hydrogen-bond acceptors (Lipinski definition) is 3. The first-order chi connectivity index (χ1) is 10.2. The van der Waals surface area contributed by atoms with Crippen molar-refractivity contribution in [1.29, 1.82) is 5.26 Å². The van der Waals surface area contributed by atoms with Crippen molar-refractivity contribution >= 4 is 6.09 Å². The zero-order valence-electron chi connectivity index (χ0n) is 11.8. The molecule has 0 aliphatic heterocycles. The van der Waals surface area contributed by atoms with Gasteiger partial charge in [-0.25, -0.2) is 4.79 Å². The number of rotatable bonds is 4. The summed E-state index contributed by atoms with van der Waals surface area (Å²) in [4.78, 5) is 13.7. The van der Waals surface area contributed by atoms with Crippen molar-refractivity contribution in [1.82, 2.24) is 4.90 Å². The van der Waals surface area contributed by atoms with Crippen molar-refractivity contribution in [2.45, 2.75) is 13.5 Å². The summed E-state index contributed by atoms with van der Waals surface area (Å²) in [5.41, 5.74) is 1.38. The molecule has 21 heavy (non-hydrogen) atoms. The first-order valence-corrected chi connectivity index (χ1v) is 6.74. The molecule has 0 aliphatic rings. The van der Waals surface area contributed by atoms with Gasteiger partial charge in [-0.15, -0.1) is 0 Å². The zero-order chi connectivity index (χ0) is 15.1. The lowest BCUT2D eigenvalue weighted by molar-refractivity contribution is 0.152. The van der Waals surface area contributed by atoms with Crippen LogP contribution in [0.2, 0.25) is 0 Å². The van der Waals surface area contributed by atoms with Gasteiger partial charge in [0.1, 0.15) is 5.75 Å². The molecule has 0 spiro atoms. The van der Waals surface area contributed by atoms with E-state index in [2.05, 4.69) is 6.07 Å². The lowest BCUT2D eigenvalue weighted by atomic mass is 10.1. The molecule has 2 rings (SSSR count). The number of carbonyl (C=O) groups is 1. The van der Waals surface area contributed by atoms with Gasteiger partial charge in [0.25, 0.3) is 0 Å². The van der Waals surface area contributed by atoms with E-state index in [0.717, 1.165) is 5.56 Å². The molecule has 0 saturated heterocycles. The van der Waals surface area contributed by atoms with Crippen molar-refractivity contribution in [2.24, 2.45) is 0 Å². The van der Waals surface area contributed by atoms with Crippen LogP contribution in [0.3, 0.4) is 0 Å². The van der Waals surface area contributed by atoms with Crippen LogP contribution in [0.1, 0.15) is 18.1 Å². The average Bonchev–Trinajstić information content (AvgIpc) is 2.53. The Morgan fingerprint density at radius 2 is 1.81 bits per heavy atom. The minimum Gasteiger partial charge on any atom is -0.410 e. The molecule has 2 aromatic rings. The van der Waals surface area contributed by atoms with Gasteiger partial charge >= 0.3 is 6.09 Å². The van der Waals surface area contributed by atoms with Crippen LogP contribution in [-0.2, 0) is 6.54 Å². The van der Waals surface area contributed by atoms with E-state index in [0.29, 0.717) is 24.4 Å². The summed E-state index contributed by atoms with van der Waals surface area (Å²) in [6.45, 7) is 2.73. The fourth-order valence-electron chi connectivity index (χ4n) is 1.93. The minimum atomic E-state index is -0.420. The molecule has 1 amide bonds. The Morgan fingerprint density at radius 3 is 2.48 bits per heavy atom. The van der Waals surface area contributed by atoms with Gasteiger partial charge in [0.15, 0.2) is 0 Å². The van der Waals surface area contributed by atoms with Gasteiger partial charge in [-0.05, 0) is 30.7 Å². The first kappa shape index (κ1) is 14.6. The van der Waals surface area contributed by atoms with E-state index in [1.165, 1.54) is 0 Å². The van der Waals surface area contributed by atoms with Crippen molar-refractivity contribution < 1.29 is 9.53 Å². The molecule has 4 heteroatoms. The number of amides is 1. The van der Waals surface area contributed by atoms with E-state index < -0.39 is 6.09 Å². The molecule has 0 unspecified atom stereocenters. The van der Waals surface area contributed by atoms with Crippen LogP contribution in [0.25, 0.3) is 0 Å². The molecular formula is C17H16N2O2. The van der Waals surface area contributed by atoms with Crippen LogP contribution in [0, 0.1) is 11.3 Å². The Labute approximate surface area is 124 Å². The number of hydrogen-bond donors (Lipinski definition) is 0. The molecule has 2 aromatic carbocycles. The predicted octanol–water partition coefficient (Wildman–Crippen LogP) is 3.58. The third kappa shape index (κ3) is 3.83. The minimum absolute atomic E-state index is 0.353. The van der Waals surface area contributed by atoms with Gasteiger partial charge < -0.3 is 9.64 Å². The van der Waals surface area contributed by atoms with E-state index >= 15 is 0 Å². The third-order valence-electron chi connectivity index (χ3n) is 3.09. The Kier molecular flexibility index (Phi) is 4.94. The highest BCUT2D eigenvalue weighted by Crippen LogP contribution is 2.14. The van der Waals surface area contributed by atoms with E-state index in [-0.39, 0.29) is 0 Å². The van der Waals surface area contributed by atoms with Crippen LogP contribution in [0.4, 0.5) is 4.79 Å². The summed E-state index contributed by atoms with van der Waals surface area (Å²) in [6.07, 6.45) is -0.420. The maximum absolute atomic E-state index is 12.2. The molecular weight excluding hydrogens is 264 g/mol. The maximum Gasteiger partial charge on any atom is 0.415 e.